The predicted octanol–water partition coefficient (Wildman–Crippen LogP) is 6.42. The van der Waals surface area contributed by atoms with E-state index in [4.69, 9.17) is 16.3 Å². The molecule has 0 saturated heterocycles. The van der Waals surface area contributed by atoms with Gasteiger partial charge in [0.25, 0.3) is 0 Å². The number of carbonyl (C=O) groups is 2. The van der Waals surface area contributed by atoms with Crippen LogP contribution in [0.1, 0.15) is 36.2 Å². The lowest BCUT2D eigenvalue weighted by atomic mass is 9.92. The van der Waals surface area contributed by atoms with Crippen LogP contribution in [0, 0.1) is 5.92 Å². The third-order valence-electron chi connectivity index (χ3n) is 4.82. The number of rotatable bonds is 9. The number of ketones is 1. The second-order valence-electron chi connectivity index (χ2n) is 7.60. The topological polar surface area (TPSA) is 43.4 Å². The molecule has 3 nitrogen and oxygen atoms in total. The number of carbonyl (C=O) groups excluding carboxylic acids is 2. The molecule has 0 aliphatic heterocycles. The van der Waals surface area contributed by atoms with E-state index in [9.17, 15) is 9.59 Å². The summed E-state index contributed by atoms with van der Waals surface area (Å²) in [4.78, 5) is 24.3. The van der Waals surface area contributed by atoms with Gasteiger partial charge in [-0.3, -0.25) is 4.79 Å². The van der Waals surface area contributed by atoms with E-state index in [0.717, 1.165) is 23.0 Å². The highest BCUT2D eigenvalue weighted by Crippen LogP contribution is 2.28. The van der Waals surface area contributed by atoms with Crippen LogP contribution < -0.4 is 4.74 Å². The summed E-state index contributed by atoms with van der Waals surface area (Å²) in [6.45, 7) is 3.83. The van der Waals surface area contributed by atoms with Gasteiger partial charge in [-0.2, -0.15) is 0 Å². The summed E-state index contributed by atoms with van der Waals surface area (Å²) in [5.41, 5.74) is 3.78. The van der Waals surface area contributed by atoms with Gasteiger partial charge in [0.15, 0.2) is 5.78 Å². The van der Waals surface area contributed by atoms with Crippen molar-refractivity contribution >= 4 is 23.7 Å². The van der Waals surface area contributed by atoms with Crippen molar-refractivity contribution in [3.05, 3.63) is 88.9 Å². The van der Waals surface area contributed by atoms with Crippen LogP contribution in [0.25, 0.3) is 11.1 Å². The monoisotopic (exact) mass is 420 g/mol. The maximum absolute atomic E-state index is 12.7. The third kappa shape index (κ3) is 5.80. The van der Waals surface area contributed by atoms with Gasteiger partial charge in [0.1, 0.15) is 12.0 Å². The minimum Gasteiger partial charge on any atom is -0.489 e. The number of hydrogen-bond acceptors (Lipinski definition) is 3. The van der Waals surface area contributed by atoms with Crippen molar-refractivity contribution < 1.29 is 14.3 Å². The molecular weight excluding hydrogens is 396 g/mol. The third-order valence-corrected chi connectivity index (χ3v) is 5.11. The molecule has 0 aliphatic rings. The van der Waals surface area contributed by atoms with Crippen molar-refractivity contribution in [2.45, 2.75) is 32.8 Å². The van der Waals surface area contributed by atoms with Crippen LogP contribution in [0.3, 0.4) is 0 Å². The van der Waals surface area contributed by atoms with E-state index in [1.54, 1.807) is 18.2 Å². The molecule has 1 atom stereocenters. The summed E-state index contributed by atoms with van der Waals surface area (Å²) >= 11 is 6.24. The standard InChI is InChI=1S/C26H25ClO3/c1-18(2)30-26-13-12-23(16-24(26)27)25(29)15-20(17-28)14-19-8-10-22(11-9-19)21-6-4-3-5-7-21/h3-13,16-18,20H,14-15H2,1-2H3/t20-/m1/s1. The first-order valence-corrected chi connectivity index (χ1v) is 10.4. The smallest absolute Gasteiger partial charge is 0.163 e. The van der Waals surface area contributed by atoms with E-state index in [1.165, 1.54) is 0 Å². The maximum Gasteiger partial charge on any atom is 0.163 e. The minimum absolute atomic E-state index is 0.00299. The fraction of sp³-hybridized carbons (Fsp3) is 0.231. The summed E-state index contributed by atoms with van der Waals surface area (Å²) < 4.78 is 5.60. The Bertz CT molecular complexity index is 995. The highest BCUT2D eigenvalue weighted by molar-refractivity contribution is 6.32. The SMILES string of the molecule is CC(C)Oc1ccc(C(=O)C[C@H](C=O)Cc2ccc(-c3ccccc3)cc2)cc1Cl. The molecule has 30 heavy (non-hydrogen) atoms. The lowest BCUT2D eigenvalue weighted by Crippen LogP contribution is -2.13. The molecule has 0 aromatic heterocycles. The van der Waals surface area contributed by atoms with Gasteiger partial charge in [-0.25, -0.2) is 0 Å². The van der Waals surface area contributed by atoms with Gasteiger partial charge in [-0.05, 0) is 55.2 Å². The molecule has 0 unspecified atom stereocenters. The molecule has 0 fully saturated rings. The Hall–Kier alpha value is -2.91. The fourth-order valence-electron chi connectivity index (χ4n) is 3.31. The Balaban J connectivity index is 1.64. The Labute approximate surface area is 182 Å². The molecule has 0 amide bonds. The zero-order valence-electron chi connectivity index (χ0n) is 17.2. The van der Waals surface area contributed by atoms with Gasteiger partial charge in [0.05, 0.1) is 11.1 Å². The van der Waals surface area contributed by atoms with Gasteiger partial charge < -0.3 is 9.53 Å². The molecule has 0 N–H and O–H groups in total. The normalized spacial score (nSPS) is 11.9. The van der Waals surface area contributed by atoms with Crippen molar-refractivity contribution in [2.75, 3.05) is 0 Å². The van der Waals surface area contributed by atoms with Crippen molar-refractivity contribution in [1.29, 1.82) is 0 Å². The summed E-state index contributed by atoms with van der Waals surface area (Å²) in [5.74, 6) is 0.0603. The van der Waals surface area contributed by atoms with Gasteiger partial charge in [0.2, 0.25) is 0 Å². The van der Waals surface area contributed by atoms with Crippen molar-refractivity contribution in [1.82, 2.24) is 0 Å². The number of aldehydes is 1. The van der Waals surface area contributed by atoms with Gasteiger partial charge in [-0.1, -0.05) is 66.2 Å². The number of ether oxygens (including phenoxy) is 1. The molecule has 3 aromatic rings. The van der Waals surface area contributed by atoms with Crippen LogP contribution >= 0.6 is 11.6 Å². The predicted molar refractivity (Wildman–Crippen MR) is 121 cm³/mol. The minimum atomic E-state index is -0.384. The lowest BCUT2D eigenvalue weighted by molar-refractivity contribution is -0.111. The van der Waals surface area contributed by atoms with E-state index in [2.05, 4.69) is 12.1 Å². The van der Waals surface area contributed by atoms with Crippen LogP contribution in [0.15, 0.2) is 72.8 Å². The first-order valence-electron chi connectivity index (χ1n) is 10.1. The number of hydrogen-bond donors (Lipinski definition) is 0. The molecular formula is C26H25ClO3. The average molecular weight is 421 g/mol. The second-order valence-corrected chi connectivity index (χ2v) is 8.01. The van der Waals surface area contributed by atoms with E-state index in [-0.39, 0.29) is 24.2 Å². The number of Topliss-reactive ketones (excluding diaryl/α,β-unsaturated/α-hetero) is 1. The molecule has 4 heteroatoms. The van der Waals surface area contributed by atoms with Gasteiger partial charge in [0, 0.05) is 17.9 Å². The van der Waals surface area contributed by atoms with Crippen LogP contribution in [-0.4, -0.2) is 18.2 Å². The fourth-order valence-corrected chi connectivity index (χ4v) is 3.54. The van der Waals surface area contributed by atoms with Gasteiger partial charge in [-0.15, -0.1) is 0 Å². The van der Waals surface area contributed by atoms with E-state index in [1.807, 2.05) is 56.3 Å². The Morgan fingerprint density at radius 3 is 2.23 bits per heavy atom. The quantitative estimate of drug-likeness (QED) is 0.296. The Kier molecular flexibility index (Phi) is 7.42. The molecule has 0 bridgehead atoms. The first-order chi connectivity index (χ1) is 14.5. The highest BCUT2D eigenvalue weighted by Gasteiger charge is 2.17. The summed E-state index contributed by atoms with van der Waals surface area (Å²) in [7, 11) is 0. The Morgan fingerprint density at radius 1 is 0.967 bits per heavy atom. The molecule has 0 spiro atoms. The van der Waals surface area contributed by atoms with E-state index < -0.39 is 0 Å². The van der Waals surface area contributed by atoms with Crippen LogP contribution in [0.4, 0.5) is 0 Å². The first kappa shape index (κ1) is 21.8. The van der Waals surface area contributed by atoms with Crippen molar-refractivity contribution in [3.8, 4) is 16.9 Å². The van der Waals surface area contributed by atoms with E-state index in [0.29, 0.717) is 22.8 Å². The van der Waals surface area contributed by atoms with Crippen LogP contribution in [-0.2, 0) is 11.2 Å². The summed E-state index contributed by atoms with van der Waals surface area (Å²) in [5, 5.41) is 0.397. The molecule has 3 rings (SSSR count). The average Bonchev–Trinajstić information content (AvgIpc) is 2.75. The lowest BCUT2D eigenvalue weighted by Gasteiger charge is -2.13. The largest absolute Gasteiger partial charge is 0.489 e. The van der Waals surface area contributed by atoms with Crippen molar-refractivity contribution in [3.63, 3.8) is 0 Å². The molecule has 0 radical (unpaired) electrons. The van der Waals surface area contributed by atoms with Crippen LogP contribution in [0.2, 0.25) is 5.02 Å². The van der Waals surface area contributed by atoms with Crippen LogP contribution in [0.5, 0.6) is 5.75 Å². The molecule has 0 aliphatic carbocycles. The molecule has 0 saturated carbocycles. The molecule has 0 heterocycles. The molecule has 3 aromatic carbocycles. The number of benzene rings is 3. The zero-order chi connectivity index (χ0) is 21.5. The second kappa shape index (κ2) is 10.2. The van der Waals surface area contributed by atoms with E-state index >= 15 is 0 Å². The zero-order valence-corrected chi connectivity index (χ0v) is 17.9. The molecule has 154 valence electrons. The Morgan fingerprint density at radius 2 is 1.63 bits per heavy atom. The summed E-state index contributed by atoms with van der Waals surface area (Å²) in [6, 6.07) is 23.2. The number of halogens is 1. The van der Waals surface area contributed by atoms with Crippen molar-refractivity contribution in [2.24, 2.45) is 5.92 Å². The highest BCUT2D eigenvalue weighted by atomic mass is 35.5. The van der Waals surface area contributed by atoms with Gasteiger partial charge >= 0.3 is 0 Å². The maximum atomic E-state index is 12.7. The summed E-state index contributed by atoms with van der Waals surface area (Å²) in [6.07, 6.45) is 1.52.